The third kappa shape index (κ3) is 2.95. The highest BCUT2D eigenvalue weighted by Gasteiger charge is 2.64. The number of hydrogen-bond acceptors (Lipinski definition) is 2. The van der Waals surface area contributed by atoms with Crippen molar-refractivity contribution >= 4 is 6.29 Å². The molecule has 4 saturated carbocycles. The average Bonchev–Trinajstić information content (AvgIpc) is 3.04. The van der Waals surface area contributed by atoms with Gasteiger partial charge >= 0.3 is 0 Å². The second kappa shape index (κ2) is 7.71. The maximum Gasteiger partial charge on any atom is 0.120 e. The van der Waals surface area contributed by atoms with E-state index in [1.54, 1.807) is 0 Å². The predicted octanol–water partition coefficient (Wildman–Crippen LogP) is 6.26. The summed E-state index contributed by atoms with van der Waals surface area (Å²) in [5.41, 5.74) is 0.839. The van der Waals surface area contributed by atoms with Gasteiger partial charge in [0.05, 0.1) is 6.10 Å². The number of hydrogen-bond donors (Lipinski definition) is 1. The highest BCUT2D eigenvalue weighted by Crippen LogP contribution is 2.69. The fourth-order valence-electron chi connectivity index (χ4n) is 9.55. The van der Waals surface area contributed by atoms with Crippen LogP contribution < -0.4 is 0 Å². The molecule has 10 atom stereocenters. The van der Waals surface area contributed by atoms with Crippen molar-refractivity contribution in [2.75, 3.05) is 0 Å². The van der Waals surface area contributed by atoms with Gasteiger partial charge in [-0.15, -0.1) is 0 Å². The molecule has 0 aromatic rings. The highest BCUT2D eigenvalue weighted by molar-refractivity contribution is 5.49. The summed E-state index contributed by atoms with van der Waals surface area (Å²) in [5.74, 6) is 4.58. The minimum absolute atomic E-state index is 0.0835. The summed E-state index contributed by atoms with van der Waals surface area (Å²) in [6.45, 7) is 9.89. The first-order valence-corrected chi connectivity index (χ1v) is 12.5. The van der Waals surface area contributed by atoms with E-state index in [9.17, 15) is 9.90 Å². The molecule has 1 N–H and O–H groups in total. The van der Waals surface area contributed by atoms with Gasteiger partial charge in [-0.1, -0.05) is 47.0 Å². The maximum atomic E-state index is 11.7. The van der Waals surface area contributed by atoms with Crippen LogP contribution in [0.3, 0.4) is 0 Å². The lowest BCUT2D eigenvalue weighted by Gasteiger charge is -2.64. The van der Waals surface area contributed by atoms with E-state index in [-0.39, 0.29) is 6.10 Å². The van der Waals surface area contributed by atoms with Crippen molar-refractivity contribution in [3.63, 3.8) is 0 Å². The van der Waals surface area contributed by atoms with Crippen molar-refractivity contribution < 1.29 is 9.90 Å². The maximum absolute atomic E-state index is 11.7. The van der Waals surface area contributed by atoms with Crippen molar-refractivity contribution in [2.24, 2.45) is 52.3 Å². The van der Waals surface area contributed by atoms with Crippen LogP contribution >= 0.6 is 0 Å². The van der Waals surface area contributed by atoms with Crippen molar-refractivity contribution in [1.82, 2.24) is 0 Å². The lowest BCUT2D eigenvalue weighted by Crippen LogP contribution is -2.61. The molecule has 0 radical (unpaired) electrons. The first-order chi connectivity index (χ1) is 13.4. The Hall–Kier alpha value is -0.370. The summed E-state index contributed by atoms with van der Waals surface area (Å²) < 4.78 is 0. The van der Waals surface area contributed by atoms with E-state index in [0.29, 0.717) is 40.9 Å². The molecule has 0 heterocycles. The van der Waals surface area contributed by atoms with Crippen LogP contribution in [0, 0.1) is 52.3 Å². The highest BCUT2D eigenvalue weighted by atomic mass is 16.3. The SMILES string of the molecule is CC[C@H]1C(O)C2C3CC[C@H]([C@H](C)CCC=O)[C@@]3(C)CCC2[C@@]2(C)CCCC[C@@H]12. The standard InChI is InChI=1S/C26H44O2/c1-5-18-20-10-6-7-14-25(20,3)22-13-15-26(4)19(17(2)9-8-16-27)11-12-21(26)23(22)24(18)28/h16-24,28H,5-15H2,1-4H3/t17-,18-,19-,20+,21?,22?,23?,24?,25+,26-/m1/s1. The molecule has 2 heteroatoms. The number of aliphatic hydroxyl groups excluding tert-OH is 1. The molecule has 0 aromatic carbocycles. The van der Waals surface area contributed by atoms with Crippen LogP contribution in [0.15, 0.2) is 0 Å². The third-order valence-electron chi connectivity index (χ3n) is 10.8. The minimum atomic E-state index is -0.0835. The summed E-state index contributed by atoms with van der Waals surface area (Å²) in [6.07, 6.45) is 14.7. The van der Waals surface area contributed by atoms with Crippen LogP contribution in [0.5, 0.6) is 0 Å². The second-order valence-corrected chi connectivity index (χ2v) is 11.7. The average molecular weight is 389 g/mol. The van der Waals surface area contributed by atoms with E-state index in [1.807, 2.05) is 0 Å². The van der Waals surface area contributed by atoms with Crippen molar-refractivity contribution in [3.05, 3.63) is 0 Å². The molecule has 4 unspecified atom stereocenters. The van der Waals surface area contributed by atoms with Gasteiger partial charge in [0.1, 0.15) is 6.29 Å². The molecule has 28 heavy (non-hydrogen) atoms. The molecular weight excluding hydrogens is 344 g/mol. The van der Waals surface area contributed by atoms with Gasteiger partial charge in [0, 0.05) is 6.42 Å². The molecule has 0 spiro atoms. The van der Waals surface area contributed by atoms with E-state index in [1.165, 1.54) is 51.4 Å². The zero-order valence-corrected chi connectivity index (χ0v) is 18.8. The molecule has 4 aliphatic rings. The van der Waals surface area contributed by atoms with Crippen LogP contribution in [-0.2, 0) is 4.79 Å². The molecule has 0 saturated heterocycles. The number of carbonyl (C=O) groups is 1. The van der Waals surface area contributed by atoms with Gasteiger partial charge in [0.15, 0.2) is 0 Å². The lowest BCUT2D eigenvalue weighted by atomic mass is 9.41. The Balaban J connectivity index is 1.64. The first-order valence-electron chi connectivity index (χ1n) is 12.5. The summed E-state index contributed by atoms with van der Waals surface area (Å²) in [6, 6.07) is 0. The van der Waals surface area contributed by atoms with Gasteiger partial charge in [0.2, 0.25) is 0 Å². The summed E-state index contributed by atoms with van der Waals surface area (Å²) >= 11 is 0. The quantitative estimate of drug-likeness (QED) is 0.565. The Bertz CT molecular complexity index is 573. The Kier molecular flexibility index (Phi) is 5.75. The van der Waals surface area contributed by atoms with Crippen molar-refractivity contribution in [1.29, 1.82) is 0 Å². The van der Waals surface area contributed by atoms with Crippen LogP contribution in [0.2, 0.25) is 0 Å². The molecule has 4 fully saturated rings. The Morgan fingerprint density at radius 3 is 2.46 bits per heavy atom. The van der Waals surface area contributed by atoms with Crippen LogP contribution in [-0.4, -0.2) is 17.5 Å². The molecule has 0 aromatic heterocycles. The first kappa shape index (κ1) is 20.9. The fourth-order valence-corrected chi connectivity index (χ4v) is 9.55. The molecule has 4 aliphatic carbocycles. The van der Waals surface area contributed by atoms with Gasteiger partial charge in [0.25, 0.3) is 0 Å². The number of fused-ring (bicyclic) bond motifs is 5. The molecule has 0 aliphatic heterocycles. The third-order valence-corrected chi connectivity index (χ3v) is 10.8. The molecule has 0 amide bonds. The summed E-state index contributed by atoms with van der Waals surface area (Å²) in [7, 11) is 0. The van der Waals surface area contributed by atoms with Gasteiger partial charge < -0.3 is 9.90 Å². The molecule has 0 bridgehead atoms. The monoisotopic (exact) mass is 388 g/mol. The Morgan fingerprint density at radius 2 is 1.75 bits per heavy atom. The number of rotatable bonds is 5. The predicted molar refractivity (Wildman–Crippen MR) is 115 cm³/mol. The largest absolute Gasteiger partial charge is 0.393 e. The number of aliphatic hydroxyl groups is 1. The summed E-state index contributed by atoms with van der Waals surface area (Å²) in [5, 5.41) is 11.7. The van der Waals surface area contributed by atoms with E-state index in [2.05, 4.69) is 27.7 Å². The van der Waals surface area contributed by atoms with Crippen molar-refractivity contribution in [3.8, 4) is 0 Å². The summed E-state index contributed by atoms with van der Waals surface area (Å²) in [4.78, 5) is 10.9. The van der Waals surface area contributed by atoms with Crippen LogP contribution in [0.25, 0.3) is 0 Å². The lowest BCUT2D eigenvalue weighted by molar-refractivity contribution is -0.194. The number of carbonyl (C=O) groups excluding carboxylic acids is 1. The van der Waals surface area contributed by atoms with E-state index >= 15 is 0 Å². The zero-order chi connectivity index (χ0) is 20.1. The fraction of sp³-hybridized carbons (Fsp3) is 0.962. The van der Waals surface area contributed by atoms with E-state index < -0.39 is 0 Å². The Labute approximate surface area is 173 Å². The second-order valence-electron chi connectivity index (χ2n) is 11.7. The molecule has 2 nitrogen and oxygen atoms in total. The van der Waals surface area contributed by atoms with Gasteiger partial charge in [-0.05, 0) is 97.2 Å². The smallest absolute Gasteiger partial charge is 0.120 e. The minimum Gasteiger partial charge on any atom is -0.393 e. The van der Waals surface area contributed by atoms with Gasteiger partial charge in [-0.2, -0.15) is 0 Å². The van der Waals surface area contributed by atoms with Crippen LogP contribution in [0.1, 0.15) is 98.3 Å². The van der Waals surface area contributed by atoms with Gasteiger partial charge in [-0.3, -0.25) is 0 Å². The van der Waals surface area contributed by atoms with Crippen LogP contribution in [0.4, 0.5) is 0 Å². The zero-order valence-electron chi connectivity index (χ0n) is 18.8. The normalized spacial score (nSPS) is 51.7. The molecule has 160 valence electrons. The number of aldehydes is 1. The van der Waals surface area contributed by atoms with Crippen molar-refractivity contribution in [2.45, 2.75) is 104 Å². The van der Waals surface area contributed by atoms with E-state index in [0.717, 1.165) is 36.9 Å². The van der Waals surface area contributed by atoms with Gasteiger partial charge in [-0.25, -0.2) is 0 Å². The molecular formula is C26H44O2. The topological polar surface area (TPSA) is 37.3 Å². The Morgan fingerprint density at radius 1 is 1.00 bits per heavy atom. The molecule has 4 rings (SSSR count). The van der Waals surface area contributed by atoms with E-state index in [4.69, 9.17) is 0 Å².